The van der Waals surface area contributed by atoms with Gasteiger partial charge in [0.25, 0.3) is 0 Å². The third kappa shape index (κ3) is 5.87. The molecule has 1 aromatic carbocycles. The number of ether oxygens (including phenoxy) is 1. The van der Waals surface area contributed by atoms with Crippen molar-refractivity contribution in [3.63, 3.8) is 0 Å². The second-order valence-electron chi connectivity index (χ2n) is 6.27. The highest BCUT2D eigenvalue weighted by molar-refractivity contribution is 5.80. The Bertz CT molecular complexity index is 501. The monoisotopic (exact) mass is 317 g/mol. The fourth-order valence-electron chi connectivity index (χ4n) is 2.80. The lowest BCUT2D eigenvalue weighted by atomic mass is 10.0. The Kier molecular flexibility index (Phi) is 7.40. The molecule has 0 spiro atoms. The number of aryl methyl sites for hydroxylation is 1. The second kappa shape index (κ2) is 9.56. The van der Waals surface area contributed by atoms with Gasteiger partial charge in [-0.25, -0.2) is 0 Å². The maximum absolute atomic E-state index is 5.57. The van der Waals surface area contributed by atoms with Crippen LogP contribution in [0.2, 0.25) is 0 Å². The average molecular weight is 317 g/mol. The Morgan fingerprint density at radius 3 is 2.78 bits per heavy atom. The summed E-state index contributed by atoms with van der Waals surface area (Å²) in [6.07, 6.45) is 4.54. The summed E-state index contributed by atoms with van der Waals surface area (Å²) in [6, 6.07) is 9.17. The maximum Gasteiger partial charge on any atom is 0.191 e. The summed E-state index contributed by atoms with van der Waals surface area (Å²) >= 11 is 0. The zero-order chi connectivity index (χ0) is 16.5. The minimum atomic E-state index is 0.503. The van der Waals surface area contributed by atoms with Crippen molar-refractivity contribution in [2.75, 3.05) is 26.8 Å². The van der Waals surface area contributed by atoms with Gasteiger partial charge in [0.15, 0.2) is 5.96 Å². The maximum atomic E-state index is 5.57. The average Bonchev–Trinajstić information content (AvgIpc) is 3.32. The molecule has 0 aliphatic heterocycles. The van der Waals surface area contributed by atoms with E-state index in [0.29, 0.717) is 12.0 Å². The van der Waals surface area contributed by atoms with Crippen LogP contribution in [0.5, 0.6) is 0 Å². The Balaban J connectivity index is 1.64. The standard InChI is InChI=1S/C19H31N3O/c1-4-5-12-23-13-8-11-21-19(20-3)22-18-14-17(18)16-10-7-6-9-15(16)2/h6-7,9-10,17-18H,4-5,8,11-14H2,1-3H3,(H2,20,21,22). The summed E-state index contributed by atoms with van der Waals surface area (Å²) in [5, 5.41) is 6.90. The number of hydrogen-bond donors (Lipinski definition) is 2. The van der Waals surface area contributed by atoms with Crippen LogP contribution in [-0.2, 0) is 4.74 Å². The number of hydrogen-bond acceptors (Lipinski definition) is 2. The van der Waals surface area contributed by atoms with Gasteiger partial charge in [0.1, 0.15) is 0 Å². The summed E-state index contributed by atoms with van der Waals surface area (Å²) in [5.74, 6) is 1.52. The molecule has 2 N–H and O–H groups in total. The molecular weight excluding hydrogens is 286 g/mol. The molecule has 0 bridgehead atoms. The molecule has 1 saturated carbocycles. The van der Waals surface area contributed by atoms with Gasteiger partial charge in [0, 0.05) is 38.8 Å². The first-order valence-electron chi connectivity index (χ1n) is 8.86. The van der Waals surface area contributed by atoms with Gasteiger partial charge in [-0.2, -0.15) is 0 Å². The molecule has 1 aliphatic rings. The van der Waals surface area contributed by atoms with Crippen LogP contribution in [0.15, 0.2) is 29.3 Å². The van der Waals surface area contributed by atoms with Gasteiger partial charge in [0.05, 0.1) is 0 Å². The number of nitrogens with zero attached hydrogens (tertiary/aromatic N) is 1. The molecule has 2 atom stereocenters. The van der Waals surface area contributed by atoms with E-state index < -0.39 is 0 Å². The Labute approximate surface area is 140 Å². The van der Waals surface area contributed by atoms with Gasteiger partial charge in [-0.1, -0.05) is 37.6 Å². The van der Waals surface area contributed by atoms with E-state index in [1.807, 2.05) is 7.05 Å². The quantitative estimate of drug-likeness (QED) is 0.417. The van der Waals surface area contributed by atoms with Gasteiger partial charge in [-0.05, 0) is 37.3 Å². The molecule has 2 unspecified atom stereocenters. The first kappa shape index (κ1) is 17.8. The summed E-state index contributed by atoms with van der Waals surface area (Å²) in [4.78, 5) is 4.32. The van der Waals surface area contributed by atoms with Gasteiger partial charge in [-0.3, -0.25) is 4.99 Å². The Morgan fingerprint density at radius 2 is 2.04 bits per heavy atom. The van der Waals surface area contributed by atoms with Crippen LogP contribution in [0.3, 0.4) is 0 Å². The summed E-state index contributed by atoms with van der Waals surface area (Å²) in [7, 11) is 1.83. The SMILES string of the molecule is CCCCOCCCNC(=NC)NC1CC1c1ccccc1C. The van der Waals surface area contributed by atoms with Crippen LogP contribution in [0.1, 0.15) is 49.7 Å². The van der Waals surface area contributed by atoms with E-state index in [-0.39, 0.29) is 0 Å². The molecule has 0 heterocycles. The van der Waals surface area contributed by atoms with Gasteiger partial charge >= 0.3 is 0 Å². The van der Waals surface area contributed by atoms with Crippen molar-refractivity contribution >= 4 is 5.96 Å². The van der Waals surface area contributed by atoms with Crippen LogP contribution in [0, 0.1) is 6.92 Å². The normalized spacial score (nSPS) is 20.4. The molecule has 23 heavy (non-hydrogen) atoms. The molecule has 1 aliphatic carbocycles. The number of benzene rings is 1. The number of nitrogens with one attached hydrogen (secondary N) is 2. The summed E-state index contributed by atoms with van der Waals surface area (Å²) in [6.45, 7) is 6.97. The van der Waals surface area contributed by atoms with Crippen LogP contribution < -0.4 is 10.6 Å². The minimum absolute atomic E-state index is 0.503. The lowest BCUT2D eigenvalue weighted by molar-refractivity contribution is 0.129. The van der Waals surface area contributed by atoms with E-state index in [2.05, 4.69) is 53.7 Å². The van der Waals surface area contributed by atoms with Crippen LogP contribution in [0.4, 0.5) is 0 Å². The molecule has 1 fully saturated rings. The molecular formula is C19H31N3O. The van der Waals surface area contributed by atoms with E-state index >= 15 is 0 Å². The van der Waals surface area contributed by atoms with Crippen molar-refractivity contribution in [1.82, 2.24) is 10.6 Å². The minimum Gasteiger partial charge on any atom is -0.381 e. The van der Waals surface area contributed by atoms with E-state index in [0.717, 1.165) is 38.6 Å². The smallest absolute Gasteiger partial charge is 0.191 e. The lowest BCUT2D eigenvalue weighted by Gasteiger charge is -2.12. The molecule has 128 valence electrons. The van der Waals surface area contributed by atoms with E-state index in [1.54, 1.807) is 0 Å². The lowest BCUT2D eigenvalue weighted by Crippen LogP contribution is -2.39. The Morgan fingerprint density at radius 1 is 1.26 bits per heavy atom. The first-order chi connectivity index (χ1) is 11.3. The number of guanidine groups is 1. The van der Waals surface area contributed by atoms with Crippen LogP contribution in [0.25, 0.3) is 0 Å². The fraction of sp³-hybridized carbons (Fsp3) is 0.632. The molecule has 0 amide bonds. The van der Waals surface area contributed by atoms with Crippen LogP contribution >= 0.6 is 0 Å². The number of aliphatic imine (C=N–C) groups is 1. The predicted octanol–water partition coefficient (Wildman–Crippen LogP) is 3.22. The third-order valence-corrected chi connectivity index (χ3v) is 4.32. The van der Waals surface area contributed by atoms with Gasteiger partial charge < -0.3 is 15.4 Å². The highest BCUT2D eigenvalue weighted by Crippen LogP contribution is 2.41. The number of unbranched alkanes of at least 4 members (excludes halogenated alkanes) is 1. The molecule has 4 nitrogen and oxygen atoms in total. The van der Waals surface area contributed by atoms with E-state index in [9.17, 15) is 0 Å². The van der Waals surface area contributed by atoms with E-state index in [4.69, 9.17) is 4.74 Å². The van der Waals surface area contributed by atoms with E-state index in [1.165, 1.54) is 24.0 Å². The third-order valence-electron chi connectivity index (χ3n) is 4.32. The van der Waals surface area contributed by atoms with Crippen molar-refractivity contribution < 1.29 is 4.74 Å². The Hall–Kier alpha value is -1.55. The van der Waals surface area contributed by atoms with Crippen molar-refractivity contribution in [1.29, 1.82) is 0 Å². The molecule has 0 saturated heterocycles. The largest absolute Gasteiger partial charge is 0.381 e. The first-order valence-corrected chi connectivity index (χ1v) is 8.86. The summed E-state index contributed by atoms with van der Waals surface area (Å²) in [5.41, 5.74) is 2.85. The van der Waals surface area contributed by atoms with Gasteiger partial charge in [0.2, 0.25) is 0 Å². The van der Waals surface area contributed by atoms with Crippen molar-refractivity contribution in [2.45, 2.75) is 51.5 Å². The highest BCUT2D eigenvalue weighted by atomic mass is 16.5. The van der Waals surface area contributed by atoms with Crippen molar-refractivity contribution in [3.8, 4) is 0 Å². The van der Waals surface area contributed by atoms with Crippen molar-refractivity contribution in [3.05, 3.63) is 35.4 Å². The molecule has 1 aromatic rings. The highest BCUT2D eigenvalue weighted by Gasteiger charge is 2.39. The predicted molar refractivity (Wildman–Crippen MR) is 97.2 cm³/mol. The summed E-state index contributed by atoms with van der Waals surface area (Å²) < 4.78 is 5.57. The fourth-order valence-corrected chi connectivity index (χ4v) is 2.80. The second-order valence-corrected chi connectivity index (χ2v) is 6.27. The molecule has 2 rings (SSSR count). The number of rotatable bonds is 9. The van der Waals surface area contributed by atoms with Crippen molar-refractivity contribution in [2.24, 2.45) is 4.99 Å². The molecule has 0 aromatic heterocycles. The van der Waals surface area contributed by atoms with Gasteiger partial charge in [-0.15, -0.1) is 0 Å². The topological polar surface area (TPSA) is 45.6 Å². The molecule has 0 radical (unpaired) electrons. The zero-order valence-electron chi connectivity index (χ0n) is 14.8. The zero-order valence-corrected chi connectivity index (χ0v) is 14.8. The van der Waals surface area contributed by atoms with Crippen LogP contribution in [-0.4, -0.2) is 38.8 Å². The molecule has 4 heteroatoms.